The summed E-state index contributed by atoms with van der Waals surface area (Å²) in [5, 5.41) is 4.19. The van der Waals surface area contributed by atoms with Crippen LogP contribution in [0.3, 0.4) is 0 Å². The number of nitrogens with one attached hydrogen (secondary N) is 2. The third-order valence-corrected chi connectivity index (χ3v) is 7.21. The Bertz CT molecular complexity index is 1210. The average molecular weight is 460 g/mol. The van der Waals surface area contributed by atoms with Gasteiger partial charge in [0.1, 0.15) is 11.7 Å². The van der Waals surface area contributed by atoms with E-state index in [0.717, 1.165) is 16.5 Å². The van der Waals surface area contributed by atoms with Crippen molar-refractivity contribution in [1.29, 1.82) is 0 Å². The van der Waals surface area contributed by atoms with Crippen LogP contribution >= 0.6 is 11.6 Å². The van der Waals surface area contributed by atoms with Gasteiger partial charge in [0, 0.05) is 35.4 Å². The van der Waals surface area contributed by atoms with Gasteiger partial charge < -0.3 is 15.2 Å². The van der Waals surface area contributed by atoms with Crippen molar-refractivity contribution in [3.8, 4) is 0 Å². The lowest BCUT2D eigenvalue weighted by Crippen LogP contribution is -2.53. The SMILES string of the molecule is O=C(N[C@@H](Cc1ccccc1)C(=O)N1CCS(=O)(=O)CC1)c1cc2cc(Cl)ccc2[nH]1. The summed E-state index contributed by atoms with van der Waals surface area (Å²) in [5.41, 5.74) is 1.99. The Balaban J connectivity index is 1.55. The molecule has 0 unspecified atom stereocenters. The zero-order valence-electron chi connectivity index (χ0n) is 16.7. The lowest BCUT2D eigenvalue weighted by atomic mass is 10.0. The highest BCUT2D eigenvalue weighted by atomic mass is 35.5. The van der Waals surface area contributed by atoms with Gasteiger partial charge in [0.05, 0.1) is 11.5 Å². The first-order chi connectivity index (χ1) is 14.8. The molecule has 31 heavy (non-hydrogen) atoms. The van der Waals surface area contributed by atoms with Crippen LogP contribution in [0, 0.1) is 0 Å². The highest BCUT2D eigenvalue weighted by Crippen LogP contribution is 2.20. The van der Waals surface area contributed by atoms with Crippen molar-refractivity contribution in [3.63, 3.8) is 0 Å². The Kier molecular flexibility index (Phi) is 6.02. The molecule has 0 bridgehead atoms. The number of aromatic amines is 1. The number of benzene rings is 2. The molecule has 1 fully saturated rings. The maximum absolute atomic E-state index is 13.2. The molecule has 1 aromatic heterocycles. The van der Waals surface area contributed by atoms with Crippen molar-refractivity contribution < 1.29 is 18.0 Å². The second-order valence-electron chi connectivity index (χ2n) is 7.61. The largest absolute Gasteiger partial charge is 0.351 e. The topological polar surface area (TPSA) is 99.3 Å². The summed E-state index contributed by atoms with van der Waals surface area (Å²) in [5.74, 6) is -0.821. The van der Waals surface area contributed by atoms with Gasteiger partial charge in [0.2, 0.25) is 5.91 Å². The first kappa shape index (κ1) is 21.4. The van der Waals surface area contributed by atoms with E-state index in [1.54, 1.807) is 24.3 Å². The summed E-state index contributed by atoms with van der Waals surface area (Å²) in [6.07, 6.45) is 0.306. The van der Waals surface area contributed by atoms with Gasteiger partial charge in [-0.2, -0.15) is 0 Å². The fourth-order valence-electron chi connectivity index (χ4n) is 3.66. The van der Waals surface area contributed by atoms with E-state index in [9.17, 15) is 18.0 Å². The molecule has 7 nitrogen and oxygen atoms in total. The van der Waals surface area contributed by atoms with Crippen LogP contribution in [0.15, 0.2) is 54.6 Å². The van der Waals surface area contributed by atoms with E-state index in [4.69, 9.17) is 11.6 Å². The molecule has 2 amide bonds. The van der Waals surface area contributed by atoms with Crippen LogP contribution in [0.1, 0.15) is 16.1 Å². The summed E-state index contributed by atoms with van der Waals surface area (Å²) in [6.45, 7) is 0.264. The molecule has 1 saturated heterocycles. The number of nitrogens with zero attached hydrogens (tertiary/aromatic N) is 1. The molecule has 0 saturated carbocycles. The molecule has 1 atom stereocenters. The number of hydrogen-bond acceptors (Lipinski definition) is 4. The zero-order chi connectivity index (χ0) is 22.0. The maximum atomic E-state index is 13.2. The second kappa shape index (κ2) is 8.72. The van der Waals surface area contributed by atoms with E-state index in [0.29, 0.717) is 17.1 Å². The molecule has 3 aromatic rings. The number of H-pyrrole nitrogens is 1. The Morgan fingerprint density at radius 1 is 1.06 bits per heavy atom. The number of carbonyl (C=O) groups is 2. The first-order valence-corrected chi connectivity index (χ1v) is 12.1. The van der Waals surface area contributed by atoms with Gasteiger partial charge in [0.25, 0.3) is 5.91 Å². The summed E-state index contributed by atoms with van der Waals surface area (Å²) < 4.78 is 23.5. The van der Waals surface area contributed by atoms with Crippen LogP contribution < -0.4 is 5.32 Å². The smallest absolute Gasteiger partial charge is 0.268 e. The predicted octanol–water partition coefficient (Wildman–Crippen LogP) is 2.42. The zero-order valence-corrected chi connectivity index (χ0v) is 18.2. The summed E-state index contributed by atoms with van der Waals surface area (Å²) in [4.78, 5) is 30.7. The first-order valence-electron chi connectivity index (χ1n) is 9.93. The molecule has 1 aliphatic heterocycles. The summed E-state index contributed by atoms with van der Waals surface area (Å²) >= 11 is 6.02. The minimum Gasteiger partial charge on any atom is -0.351 e. The third-order valence-electron chi connectivity index (χ3n) is 5.37. The second-order valence-corrected chi connectivity index (χ2v) is 10.3. The fraction of sp³-hybridized carbons (Fsp3) is 0.273. The van der Waals surface area contributed by atoms with Crippen molar-refractivity contribution in [2.75, 3.05) is 24.6 Å². The molecular formula is C22H22ClN3O4S. The van der Waals surface area contributed by atoms with Gasteiger partial charge in [-0.15, -0.1) is 0 Å². The van der Waals surface area contributed by atoms with Crippen LogP contribution in [0.5, 0.6) is 0 Å². The van der Waals surface area contributed by atoms with Crippen LogP contribution in [0.25, 0.3) is 10.9 Å². The van der Waals surface area contributed by atoms with Crippen molar-refractivity contribution >= 4 is 44.2 Å². The molecule has 162 valence electrons. The van der Waals surface area contributed by atoms with E-state index >= 15 is 0 Å². The third kappa shape index (κ3) is 5.08. The van der Waals surface area contributed by atoms with Crippen molar-refractivity contribution in [3.05, 3.63) is 70.9 Å². The molecule has 2 aromatic carbocycles. The van der Waals surface area contributed by atoms with Crippen LogP contribution in [-0.2, 0) is 21.1 Å². The number of sulfone groups is 1. The van der Waals surface area contributed by atoms with Crippen LogP contribution in [0.2, 0.25) is 5.02 Å². The summed E-state index contributed by atoms with van der Waals surface area (Å²) in [6, 6.07) is 15.5. The fourth-order valence-corrected chi connectivity index (χ4v) is 5.05. The van der Waals surface area contributed by atoms with Gasteiger partial charge in [-0.3, -0.25) is 9.59 Å². The van der Waals surface area contributed by atoms with Crippen LogP contribution in [0.4, 0.5) is 0 Å². The Labute approximate surface area is 185 Å². The van der Waals surface area contributed by atoms with E-state index < -0.39 is 21.8 Å². The average Bonchev–Trinajstić information content (AvgIpc) is 3.17. The minimum absolute atomic E-state index is 0.0620. The lowest BCUT2D eigenvalue weighted by Gasteiger charge is -2.30. The van der Waals surface area contributed by atoms with Crippen molar-refractivity contribution in [2.24, 2.45) is 0 Å². The van der Waals surface area contributed by atoms with E-state index in [1.165, 1.54) is 4.90 Å². The number of aromatic nitrogens is 1. The van der Waals surface area contributed by atoms with Crippen molar-refractivity contribution in [2.45, 2.75) is 12.5 Å². The number of rotatable bonds is 5. The molecular weight excluding hydrogens is 438 g/mol. The van der Waals surface area contributed by atoms with Crippen LogP contribution in [-0.4, -0.2) is 60.8 Å². The number of hydrogen-bond donors (Lipinski definition) is 2. The highest BCUT2D eigenvalue weighted by Gasteiger charge is 2.31. The molecule has 0 spiro atoms. The molecule has 1 aliphatic rings. The van der Waals surface area contributed by atoms with Gasteiger partial charge in [-0.05, 0) is 29.8 Å². The van der Waals surface area contributed by atoms with Gasteiger partial charge in [0.15, 0.2) is 9.84 Å². The Morgan fingerprint density at radius 2 is 1.77 bits per heavy atom. The van der Waals surface area contributed by atoms with Gasteiger partial charge >= 0.3 is 0 Å². The quantitative estimate of drug-likeness (QED) is 0.612. The molecule has 2 N–H and O–H groups in total. The monoisotopic (exact) mass is 459 g/mol. The molecule has 9 heteroatoms. The minimum atomic E-state index is -3.12. The number of amides is 2. The highest BCUT2D eigenvalue weighted by molar-refractivity contribution is 7.91. The molecule has 4 rings (SSSR count). The Hall–Kier alpha value is -2.84. The normalized spacial score (nSPS) is 16.7. The van der Waals surface area contributed by atoms with Gasteiger partial charge in [-0.25, -0.2) is 8.42 Å². The van der Waals surface area contributed by atoms with E-state index in [2.05, 4.69) is 10.3 Å². The van der Waals surface area contributed by atoms with E-state index in [-0.39, 0.29) is 30.5 Å². The van der Waals surface area contributed by atoms with E-state index in [1.807, 2.05) is 30.3 Å². The standard InChI is InChI=1S/C22H22ClN3O4S/c23-17-6-7-18-16(13-17)14-19(24-18)21(27)25-20(12-15-4-2-1-3-5-15)22(28)26-8-10-31(29,30)11-9-26/h1-7,13-14,20,24H,8-12H2,(H,25,27)/t20-/m0/s1. The maximum Gasteiger partial charge on any atom is 0.268 e. The molecule has 2 heterocycles. The molecule has 0 radical (unpaired) electrons. The van der Waals surface area contributed by atoms with Gasteiger partial charge in [-0.1, -0.05) is 41.9 Å². The lowest BCUT2D eigenvalue weighted by molar-refractivity contribution is -0.132. The number of fused-ring (bicyclic) bond motifs is 1. The Morgan fingerprint density at radius 3 is 2.48 bits per heavy atom. The predicted molar refractivity (Wildman–Crippen MR) is 120 cm³/mol. The summed E-state index contributed by atoms with van der Waals surface area (Å²) in [7, 11) is -3.12. The molecule has 0 aliphatic carbocycles. The number of halogens is 1. The number of carbonyl (C=O) groups excluding carboxylic acids is 2. The van der Waals surface area contributed by atoms with Crippen molar-refractivity contribution in [1.82, 2.24) is 15.2 Å².